The minimum absolute atomic E-state index is 0.0756. The Labute approximate surface area is 226 Å². The number of rotatable bonds is 11. The molecule has 1 fully saturated rings. The average Bonchev–Trinajstić information content (AvgIpc) is 3.71. The maximum absolute atomic E-state index is 13.5. The SMILES string of the molecule is COc1nc(C)c(Nc2nc(Cl)cn(C(COC(O)Nc3cc(C)c(OC)nc3C)C3CC3)c2=O)cc1C. The number of aliphatic hydroxyl groups excluding tert-OH is 1. The molecule has 3 aromatic heterocycles. The molecule has 12 heteroatoms. The Morgan fingerprint density at radius 1 is 1.03 bits per heavy atom. The van der Waals surface area contributed by atoms with Crippen molar-refractivity contribution in [1.82, 2.24) is 19.5 Å². The summed E-state index contributed by atoms with van der Waals surface area (Å²) in [5, 5.41) is 16.7. The van der Waals surface area contributed by atoms with E-state index in [0.29, 0.717) is 34.5 Å². The first kappa shape index (κ1) is 27.6. The molecule has 0 radical (unpaired) electrons. The van der Waals surface area contributed by atoms with Gasteiger partial charge in [-0.15, -0.1) is 0 Å². The number of ether oxygens (including phenoxy) is 3. The van der Waals surface area contributed by atoms with Gasteiger partial charge in [-0.3, -0.25) is 4.79 Å². The van der Waals surface area contributed by atoms with Crippen LogP contribution < -0.4 is 25.7 Å². The number of nitrogens with one attached hydrogen (secondary N) is 2. The minimum Gasteiger partial charge on any atom is -0.481 e. The highest BCUT2D eigenvalue weighted by atomic mass is 35.5. The lowest BCUT2D eigenvalue weighted by molar-refractivity contribution is -0.0900. The summed E-state index contributed by atoms with van der Waals surface area (Å²) in [6.45, 7) is 7.43. The lowest BCUT2D eigenvalue weighted by atomic mass is 10.2. The molecule has 38 heavy (non-hydrogen) atoms. The van der Waals surface area contributed by atoms with Gasteiger partial charge >= 0.3 is 0 Å². The van der Waals surface area contributed by atoms with Gasteiger partial charge in [0.2, 0.25) is 18.2 Å². The molecule has 2 atom stereocenters. The van der Waals surface area contributed by atoms with Crippen molar-refractivity contribution in [2.24, 2.45) is 5.92 Å². The van der Waals surface area contributed by atoms with Gasteiger partial charge in [-0.25, -0.2) is 15.0 Å². The molecule has 0 spiro atoms. The average molecular weight is 545 g/mol. The van der Waals surface area contributed by atoms with Crippen LogP contribution in [0.1, 0.15) is 41.4 Å². The third-order valence-corrected chi connectivity index (χ3v) is 6.66. The van der Waals surface area contributed by atoms with Crippen LogP contribution in [0.2, 0.25) is 5.15 Å². The topological polar surface area (TPSA) is 133 Å². The van der Waals surface area contributed by atoms with Crippen LogP contribution in [0.3, 0.4) is 0 Å². The van der Waals surface area contributed by atoms with Gasteiger partial charge in [0.1, 0.15) is 5.15 Å². The van der Waals surface area contributed by atoms with E-state index in [-0.39, 0.29) is 35.1 Å². The molecule has 1 aliphatic carbocycles. The largest absolute Gasteiger partial charge is 0.481 e. The second-order valence-corrected chi connectivity index (χ2v) is 9.77. The number of aryl methyl sites for hydroxylation is 4. The van der Waals surface area contributed by atoms with Crippen LogP contribution in [0.25, 0.3) is 0 Å². The highest BCUT2D eigenvalue weighted by Gasteiger charge is 2.34. The Hall–Kier alpha value is -3.41. The molecule has 0 bridgehead atoms. The number of nitrogens with zero attached hydrogens (tertiary/aromatic N) is 4. The third kappa shape index (κ3) is 6.17. The lowest BCUT2D eigenvalue weighted by Crippen LogP contribution is -2.33. The Bertz CT molecular complexity index is 1380. The summed E-state index contributed by atoms with van der Waals surface area (Å²) in [4.78, 5) is 26.5. The first-order valence-corrected chi connectivity index (χ1v) is 12.7. The minimum atomic E-state index is -1.31. The molecule has 11 nitrogen and oxygen atoms in total. The number of aliphatic hydroxyl groups is 1. The Kier molecular flexibility index (Phi) is 8.39. The summed E-state index contributed by atoms with van der Waals surface area (Å²) in [6.07, 6.45) is 2.07. The van der Waals surface area contributed by atoms with Crippen molar-refractivity contribution in [1.29, 1.82) is 0 Å². The Morgan fingerprint density at radius 3 is 2.18 bits per heavy atom. The normalized spacial score (nSPS) is 14.6. The fraction of sp³-hybridized carbons (Fsp3) is 0.462. The zero-order valence-corrected chi connectivity index (χ0v) is 23.1. The van der Waals surface area contributed by atoms with Gasteiger partial charge in [0.15, 0.2) is 5.82 Å². The zero-order valence-electron chi connectivity index (χ0n) is 22.3. The van der Waals surface area contributed by atoms with Crippen molar-refractivity contribution in [3.8, 4) is 11.8 Å². The third-order valence-electron chi connectivity index (χ3n) is 6.48. The highest BCUT2D eigenvalue weighted by molar-refractivity contribution is 6.29. The summed E-state index contributed by atoms with van der Waals surface area (Å²) >= 11 is 6.34. The quantitative estimate of drug-likeness (QED) is 0.304. The lowest BCUT2D eigenvalue weighted by Gasteiger charge is -2.23. The predicted octanol–water partition coefficient (Wildman–Crippen LogP) is 4.04. The molecule has 3 aromatic rings. The molecule has 0 amide bonds. The fourth-order valence-electron chi connectivity index (χ4n) is 4.28. The molecule has 2 unspecified atom stereocenters. The molecule has 204 valence electrons. The van der Waals surface area contributed by atoms with E-state index in [4.69, 9.17) is 25.8 Å². The van der Waals surface area contributed by atoms with Crippen LogP contribution >= 0.6 is 11.6 Å². The Morgan fingerprint density at radius 2 is 1.61 bits per heavy atom. The van der Waals surface area contributed by atoms with Crippen molar-refractivity contribution in [2.45, 2.75) is 53.0 Å². The number of hydrogen-bond donors (Lipinski definition) is 3. The monoisotopic (exact) mass is 544 g/mol. The van der Waals surface area contributed by atoms with Crippen LogP contribution in [-0.4, -0.2) is 51.9 Å². The van der Waals surface area contributed by atoms with Gasteiger partial charge in [0.25, 0.3) is 5.56 Å². The summed E-state index contributed by atoms with van der Waals surface area (Å²) in [5.74, 6) is 1.32. The van der Waals surface area contributed by atoms with Gasteiger partial charge in [0, 0.05) is 17.3 Å². The maximum atomic E-state index is 13.5. The number of anilines is 3. The van der Waals surface area contributed by atoms with Gasteiger partial charge in [-0.2, -0.15) is 0 Å². The molecule has 0 saturated heterocycles. The van der Waals surface area contributed by atoms with Crippen LogP contribution in [0.4, 0.5) is 17.2 Å². The van der Waals surface area contributed by atoms with Crippen LogP contribution in [0, 0.1) is 33.6 Å². The first-order valence-electron chi connectivity index (χ1n) is 12.3. The number of aromatic nitrogens is 4. The summed E-state index contributed by atoms with van der Waals surface area (Å²) in [6, 6.07) is 3.33. The van der Waals surface area contributed by atoms with Crippen LogP contribution in [0.5, 0.6) is 11.8 Å². The summed E-state index contributed by atoms with van der Waals surface area (Å²) in [5.41, 5.74) is 3.82. The van der Waals surface area contributed by atoms with Crippen molar-refractivity contribution in [3.63, 3.8) is 0 Å². The van der Waals surface area contributed by atoms with Crippen molar-refractivity contribution < 1.29 is 19.3 Å². The van der Waals surface area contributed by atoms with Crippen LogP contribution in [-0.2, 0) is 4.74 Å². The molecule has 3 heterocycles. The van der Waals surface area contributed by atoms with Gasteiger partial charge in [-0.05, 0) is 58.6 Å². The van der Waals surface area contributed by atoms with E-state index < -0.39 is 6.41 Å². The fourth-order valence-corrected chi connectivity index (χ4v) is 4.47. The second-order valence-electron chi connectivity index (χ2n) is 9.38. The van der Waals surface area contributed by atoms with E-state index in [1.54, 1.807) is 21.1 Å². The smallest absolute Gasteiger partial charge is 0.294 e. The molecule has 1 saturated carbocycles. The molecule has 1 aliphatic rings. The van der Waals surface area contributed by atoms with E-state index in [1.807, 2.05) is 32.9 Å². The number of halogens is 1. The molecule has 3 N–H and O–H groups in total. The van der Waals surface area contributed by atoms with E-state index in [0.717, 1.165) is 24.0 Å². The summed E-state index contributed by atoms with van der Waals surface area (Å²) in [7, 11) is 3.11. The predicted molar refractivity (Wildman–Crippen MR) is 145 cm³/mol. The highest BCUT2D eigenvalue weighted by Crippen LogP contribution is 2.40. The standard InChI is InChI=1S/C26H33ClN6O5/c1-13-9-18(15(3)28-23(13)36-5)30-22-25(34)33(11-21(27)32-22)20(17-7-8-17)12-38-26(35)31-19-10-14(2)24(37-6)29-16(19)4/h9-11,17,20,26,31,35H,7-8,12H2,1-6H3,(H,30,32). The molecule has 0 aliphatic heterocycles. The van der Waals surface area contributed by atoms with Crippen molar-refractivity contribution >= 4 is 28.8 Å². The summed E-state index contributed by atoms with van der Waals surface area (Å²) < 4.78 is 17.8. The molecule has 4 rings (SSSR count). The van der Waals surface area contributed by atoms with E-state index in [2.05, 4.69) is 25.6 Å². The van der Waals surface area contributed by atoms with Gasteiger partial charge in [0.05, 0.1) is 49.6 Å². The van der Waals surface area contributed by atoms with Gasteiger partial charge < -0.3 is 34.5 Å². The van der Waals surface area contributed by atoms with E-state index in [9.17, 15) is 9.90 Å². The molecular formula is C26H33ClN6O5. The Balaban J connectivity index is 1.53. The van der Waals surface area contributed by atoms with Crippen molar-refractivity contribution in [3.05, 3.63) is 56.4 Å². The van der Waals surface area contributed by atoms with E-state index >= 15 is 0 Å². The first-order chi connectivity index (χ1) is 18.1. The second kappa shape index (κ2) is 11.5. The maximum Gasteiger partial charge on any atom is 0.294 e. The van der Waals surface area contributed by atoms with E-state index in [1.165, 1.54) is 10.8 Å². The van der Waals surface area contributed by atoms with Crippen molar-refractivity contribution in [2.75, 3.05) is 31.5 Å². The van der Waals surface area contributed by atoms with Crippen LogP contribution in [0.15, 0.2) is 23.1 Å². The molecule has 0 aromatic carbocycles. The number of methoxy groups -OCH3 is 2. The zero-order chi connectivity index (χ0) is 27.6. The number of pyridine rings is 2. The molecular weight excluding hydrogens is 512 g/mol. The number of hydrogen-bond acceptors (Lipinski definition) is 10. The van der Waals surface area contributed by atoms with Gasteiger partial charge in [-0.1, -0.05) is 11.6 Å².